The number of halogens is 4. The number of alkyl halides is 3. The molecule has 208 valence electrons. The summed E-state index contributed by atoms with van der Waals surface area (Å²) >= 11 is 0. The highest BCUT2D eigenvalue weighted by atomic mass is 32.2. The Hall–Kier alpha value is -3.48. The number of aliphatic hydroxyl groups is 1. The molecule has 7 nitrogen and oxygen atoms in total. The van der Waals surface area contributed by atoms with Crippen molar-refractivity contribution in [2.75, 3.05) is 24.1 Å². The molecule has 0 aromatic heterocycles. The third-order valence-electron chi connectivity index (χ3n) is 6.91. The number of nitrogens with zero attached hydrogens (tertiary/aromatic N) is 1. The summed E-state index contributed by atoms with van der Waals surface area (Å²) in [5, 5.41) is 14.2. The second-order valence-corrected chi connectivity index (χ2v) is 11.4. The molecule has 4 rings (SSSR count). The van der Waals surface area contributed by atoms with Crippen molar-refractivity contribution in [2.24, 2.45) is 5.92 Å². The number of carbonyl (C=O) groups excluding carboxylic acids is 1. The maximum Gasteiger partial charge on any atom is 0.418 e. The van der Waals surface area contributed by atoms with Crippen molar-refractivity contribution in [3.05, 3.63) is 89.7 Å². The average molecular weight is 566 g/mol. The van der Waals surface area contributed by atoms with Crippen LogP contribution in [0, 0.1) is 11.7 Å². The monoisotopic (exact) mass is 565 g/mol. The van der Waals surface area contributed by atoms with E-state index in [1.165, 1.54) is 10.4 Å². The van der Waals surface area contributed by atoms with E-state index >= 15 is 0 Å². The van der Waals surface area contributed by atoms with E-state index in [4.69, 9.17) is 5.73 Å². The maximum absolute atomic E-state index is 13.5. The van der Waals surface area contributed by atoms with Crippen molar-refractivity contribution in [1.82, 2.24) is 4.31 Å². The number of amides is 1. The molecule has 1 unspecified atom stereocenters. The molecule has 1 aliphatic rings. The van der Waals surface area contributed by atoms with Crippen LogP contribution in [-0.4, -0.2) is 42.4 Å². The standard InChI is InChI=1S/C27H27F4N3O4S/c28-20-6-9-22(10-7-20)39(37,38)34-14-12-19(13-15-34)26(36,17-18-4-2-1-3-5-18)25(35)33-21-8-11-24(32)23(16-21)27(29,30)31/h1-11,16,19,36H,12-15,17,32H2,(H,33,35). The fourth-order valence-electron chi connectivity index (χ4n) is 4.77. The van der Waals surface area contributed by atoms with Gasteiger partial charge in [0.2, 0.25) is 10.0 Å². The Morgan fingerprint density at radius 2 is 1.62 bits per heavy atom. The fraction of sp³-hybridized carbons (Fsp3) is 0.296. The number of rotatable bonds is 7. The molecule has 12 heteroatoms. The Bertz CT molecular complexity index is 1430. The molecule has 0 aliphatic carbocycles. The van der Waals surface area contributed by atoms with Crippen LogP contribution in [0.5, 0.6) is 0 Å². The maximum atomic E-state index is 13.5. The minimum Gasteiger partial charge on any atom is -0.398 e. The normalized spacial score (nSPS) is 16.9. The van der Waals surface area contributed by atoms with Crippen LogP contribution in [0.4, 0.5) is 28.9 Å². The summed E-state index contributed by atoms with van der Waals surface area (Å²) in [4.78, 5) is 13.4. The Morgan fingerprint density at radius 1 is 1.00 bits per heavy atom. The molecule has 0 radical (unpaired) electrons. The van der Waals surface area contributed by atoms with Crippen LogP contribution in [0.15, 0.2) is 77.7 Å². The molecule has 0 saturated carbocycles. The van der Waals surface area contributed by atoms with E-state index in [-0.39, 0.29) is 42.9 Å². The molecule has 3 aromatic carbocycles. The number of carbonyl (C=O) groups is 1. The first-order valence-electron chi connectivity index (χ1n) is 12.1. The number of sulfonamides is 1. The number of nitrogen functional groups attached to an aromatic ring is 1. The quantitative estimate of drug-likeness (QED) is 0.290. The second kappa shape index (κ2) is 10.9. The average Bonchev–Trinajstić information content (AvgIpc) is 2.90. The largest absolute Gasteiger partial charge is 0.418 e. The van der Waals surface area contributed by atoms with E-state index in [0.29, 0.717) is 11.6 Å². The molecule has 1 amide bonds. The van der Waals surface area contributed by atoms with Crippen molar-refractivity contribution < 1.29 is 35.9 Å². The molecule has 1 atom stereocenters. The molecular weight excluding hydrogens is 538 g/mol. The van der Waals surface area contributed by atoms with Gasteiger partial charge in [-0.1, -0.05) is 30.3 Å². The molecule has 1 heterocycles. The van der Waals surface area contributed by atoms with Crippen LogP contribution in [0.25, 0.3) is 0 Å². The lowest BCUT2D eigenvalue weighted by molar-refractivity contribution is -0.142. The van der Waals surface area contributed by atoms with Crippen molar-refractivity contribution in [2.45, 2.75) is 35.9 Å². The van der Waals surface area contributed by atoms with Crippen LogP contribution in [0.2, 0.25) is 0 Å². The fourth-order valence-corrected chi connectivity index (χ4v) is 6.23. The van der Waals surface area contributed by atoms with E-state index in [1.54, 1.807) is 30.3 Å². The van der Waals surface area contributed by atoms with Gasteiger partial charge < -0.3 is 16.2 Å². The Labute approximate surface area is 223 Å². The second-order valence-electron chi connectivity index (χ2n) is 9.47. The lowest BCUT2D eigenvalue weighted by Crippen LogP contribution is -2.54. The van der Waals surface area contributed by atoms with Gasteiger partial charge in [-0.25, -0.2) is 12.8 Å². The minimum atomic E-state index is -4.74. The van der Waals surface area contributed by atoms with Crippen LogP contribution in [0.1, 0.15) is 24.0 Å². The summed E-state index contributed by atoms with van der Waals surface area (Å²) in [5.41, 5.74) is 2.19. The Balaban J connectivity index is 1.58. The predicted octanol–water partition coefficient (Wildman–Crippen LogP) is 4.44. The van der Waals surface area contributed by atoms with Gasteiger partial charge in [-0.3, -0.25) is 4.79 Å². The first-order chi connectivity index (χ1) is 18.3. The van der Waals surface area contributed by atoms with Gasteiger partial charge in [-0.2, -0.15) is 17.5 Å². The molecule has 3 aromatic rings. The van der Waals surface area contributed by atoms with Crippen LogP contribution in [0.3, 0.4) is 0 Å². The van der Waals surface area contributed by atoms with Gasteiger partial charge in [0, 0.05) is 30.9 Å². The molecular formula is C27H27F4N3O4S. The zero-order chi connectivity index (χ0) is 28.4. The molecule has 0 bridgehead atoms. The van der Waals surface area contributed by atoms with E-state index in [0.717, 1.165) is 30.3 Å². The van der Waals surface area contributed by atoms with E-state index in [9.17, 15) is 35.9 Å². The van der Waals surface area contributed by atoms with Crippen molar-refractivity contribution in [3.8, 4) is 0 Å². The molecule has 1 saturated heterocycles. The summed E-state index contributed by atoms with van der Waals surface area (Å²) < 4.78 is 80.5. The summed E-state index contributed by atoms with van der Waals surface area (Å²) in [6.07, 6.45) is -4.68. The van der Waals surface area contributed by atoms with Gasteiger partial charge in [-0.05, 0) is 66.8 Å². The summed E-state index contributed by atoms with van der Waals surface area (Å²) in [6.45, 7) is -0.0380. The molecule has 1 aliphatic heterocycles. The number of anilines is 2. The number of nitrogens with one attached hydrogen (secondary N) is 1. The number of benzene rings is 3. The summed E-state index contributed by atoms with van der Waals surface area (Å²) in [6, 6.07) is 16.0. The van der Waals surface area contributed by atoms with Crippen molar-refractivity contribution in [1.29, 1.82) is 0 Å². The van der Waals surface area contributed by atoms with Gasteiger partial charge in [0.1, 0.15) is 11.4 Å². The van der Waals surface area contributed by atoms with Crippen molar-refractivity contribution in [3.63, 3.8) is 0 Å². The number of nitrogens with two attached hydrogens (primary N) is 1. The highest BCUT2D eigenvalue weighted by molar-refractivity contribution is 7.89. The van der Waals surface area contributed by atoms with Gasteiger partial charge in [0.25, 0.3) is 5.91 Å². The molecule has 0 spiro atoms. The Morgan fingerprint density at radius 3 is 2.21 bits per heavy atom. The minimum absolute atomic E-state index is 0.0190. The molecule has 39 heavy (non-hydrogen) atoms. The topological polar surface area (TPSA) is 113 Å². The van der Waals surface area contributed by atoms with E-state index < -0.39 is 50.7 Å². The van der Waals surface area contributed by atoms with Gasteiger partial charge in [0.05, 0.1) is 10.5 Å². The smallest absolute Gasteiger partial charge is 0.398 e. The van der Waals surface area contributed by atoms with Crippen LogP contribution < -0.4 is 11.1 Å². The Kier molecular flexibility index (Phi) is 8.01. The van der Waals surface area contributed by atoms with E-state index in [2.05, 4.69) is 5.32 Å². The van der Waals surface area contributed by atoms with Gasteiger partial charge in [-0.15, -0.1) is 0 Å². The number of hydrogen-bond donors (Lipinski definition) is 3. The van der Waals surface area contributed by atoms with Crippen LogP contribution in [-0.2, 0) is 27.4 Å². The summed E-state index contributed by atoms with van der Waals surface area (Å²) in [5.74, 6) is -2.20. The van der Waals surface area contributed by atoms with Crippen molar-refractivity contribution >= 4 is 27.3 Å². The third-order valence-corrected chi connectivity index (χ3v) is 8.82. The lowest BCUT2D eigenvalue weighted by Gasteiger charge is -2.40. The highest BCUT2D eigenvalue weighted by Crippen LogP contribution is 2.37. The molecule has 4 N–H and O–H groups in total. The SMILES string of the molecule is Nc1ccc(NC(=O)C(O)(Cc2ccccc2)C2CCN(S(=O)(=O)c3ccc(F)cc3)CC2)cc1C(F)(F)F. The lowest BCUT2D eigenvalue weighted by atomic mass is 9.76. The third kappa shape index (κ3) is 6.23. The summed E-state index contributed by atoms with van der Waals surface area (Å²) in [7, 11) is -3.93. The first-order valence-corrected chi connectivity index (χ1v) is 13.5. The van der Waals surface area contributed by atoms with Gasteiger partial charge in [0.15, 0.2) is 0 Å². The highest BCUT2D eigenvalue weighted by Gasteiger charge is 2.46. The molecule has 1 fully saturated rings. The number of piperidine rings is 1. The van der Waals surface area contributed by atoms with Crippen LogP contribution >= 0.6 is 0 Å². The number of hydrogen-bond acceptors (Lipinski definition) is 5. The predicted molar refractivity (Wildman–Crippen MR) is 137 cm³/mol. The van der Waals surface area contributed by atoms with E-state index in [1.807, 2.05) is 0 Å². The zero-order valence-electron chi connectivity index (χ0n) is 20.7. The van der Waals surface area contributed by atoms with Gasteiger partial charge >= 0.3 is 6.18 Å². The zero-order valence-corrected chi connectivity index (χ0v) is 21.5. The first kappa shape index (κ1) is 28.5.